The fourth-order valence-electron chi connectivity index (χ4n) is 4.08. The zero-order valence-electron chi connectivity index (χ0n) is 18.7. The lowest BCUT2D eigenvalue weighted by molar-refractivity contribution is 0.161. The van der Waals surface area contributed by atoms with Gasteiger partial charge in [0.2, 0.25) is 0 Å². The van der Waals surface area contributed by atoms with E-state index in [1.807, 2.05) is 22.8 Å². The zero-order chi connectivity index (χ0) is 21.2. The van der Waals surface area contributed by atoms with Gasteiger partial charge in [-0.05, 0) is 50.9 Å². The molecule has 2 heterocycles. The van der Waals surface area contributed by atoms with Crippen LogP contribution < -0.4 is 10.6 Å². The Hall–Kier alpha value is -2.41. The first kappa shape index (κ1) is 22.3. The third kappa shape index (κ3) is 6.29. The van der Waals surface area contributed by atoms with Crippen LogP contribution in [0.3, 0.4) is 0 Å². The summed E-state index contributed by atoms with van der Waals surface area (Å²) >= 11 is 0. The molecule has 0 amide bonds. The Kier molecular flexibility index (Phi) is 8.68. The number of nitrogens with one attached hydrogen (secondary N) is 2. The molecule has 1 aliphatic heterocycles. The van der Waals surface area contributed by atoms with Crippen molar-refractivity contribution in [2.75, 3.05) is 26.2 Å². The summed E-state index contributed by atoms with van der Waals surface area (Å²) < 4.78 is 1.99. The summed E-state index contributed by atoms with van der Waals surface area (Å²) in [4.78, 5) is 7.46. The smallest absolute Gasteiger partial charge is 0.191 e. The molecule has 0 bridgehead atoms. The highest BCUT2D eigenvalue weighted by molar-refractivity contribution is 5.79. The number of hydrogen-bond donors (Lipinski definition) is 2. The van der Waals surface area contributed by atoms with E-state index in [4.69, 9.17) is 4.99 Å². The van der Waals surface area contributed by atoms with E-state index in [1.54, 1.807) is 6.33 Å². The van der Waals surface area contributed by atoms with E-state index in [0.717, 1.165) is 30.6 Å². The minimum absolute atomic E-state index is 0.473. The minimum atomic E-state index is 0.473. The van der Waals surface area contributed by atoms with Crippen molar-refractivity contribution in [2.45, 2.75) is 59.0 Å². The molecule has 1 atom stereocenters. The van der Waals surface area contributed by atoms with E-state index in [-0.39, 0.29) is 0 Å². The molecule has 164 valence electrons. The number of aromatic nitrogens is 3. The topological polar surface area (TPSA) is 70.4 Å². The van der Waals surface area contributed by atoms with Crippen molar-refractivity contribution in [1.82, 2.24) is 30.3 Å². The van der Waals surface area contributed by atoms with Gasteiger partial charge < -0.3 is 10.6 Å². The maximum absolute atomic E-state index is 4.79. The lowest BCUT2D eigenvalue weighted by Crippen LogP contribution is -2.49. The molecule has 1 unspecified atom stereocenters. The normalized spacial score (nSPS) is 17.0. The van der Waals surface area contributed by atoms with Crippen LogP contribution in [0, 0.1) is 5.92 Å². The van der Waals surface area contributed by atoms with Crippen LogP contribution in [-0.4, -0.2) is 57.8 Å². The molecule has 7 nitrogen and oxygen atoms in total. The molecule has 2 N–H and O–H groups in total. The lowest BCUT2D eigenvalue weighted by atomic mass is 10.0. The summed E-state index contributed by atoms with van der Waals surface area (Å²) in [5.74, 6) is 2.26. The second-order valence-electron chi connectivity index (χ2n) is 8.29. The van der Waals surface area contributed by atoms with Crippen molar-refractivity contribution in [3.63, 3.8) is 0 Å². The molecule has 0 spiro atoms. The van der Waals surface area contributed by atoms with E-state index >= 15 is 0 Å². The van der Waals surface area contributed by atoms with Gasteiger partial charge in [-0.2, -0.15) is 0 Å². The number of guanidine groups is 1. The maximum atomic E-state index is 4.79. The van der Waals surface area contributed by atoms with Gasteiger partial charge in [0, 0.05) is 24.8 Å². The molecule has 2 aromatic rings. The van der Waals surface area contributed by atoms with Gasteiger partial charge in [0.1, 0.15) is 12.9 Å². The number of likely N-dealkylation sites (tertiary alicyclic amines) is 1. The third-order valence-electron chi connectivity index (χ3n) is 5.73. The van der Waals surface area contributed by atoms with Gasteiger partial charge in [0.05, 0.1) is 0 Å². The maximum Gasteiger partial charge on any atom is 0.191 e. The van der Waals surface area contributed by atoms with Crippen molar-refractivity contribution in [3.8, 4) is 5.69 Å². The van der Waals surface area contributed by atoms with Gasteiger partial charge in [0.15, 0.2) is 11.8 Å². The van der Waals surface area contributed by atoms with Crippen molar-refractivity contribution in [1.29, 1.82) is 0 Å². The summed E-state index contributed by atoms with van der Waals surface area (Å²) in [6, 6.07) is 10.7. The monoisotopic (exact) mass is 411 g/mol. The van der Waals surface area contributed by atoms with E-state index in [0.29, 0.717) is 18.5 Å². The van der Waals surface area contributed by atoms with Crippen LogP contribution >= 0.6 is 0 Å². The standard InChI is InChI=1S/C23H37N7/c1-4-24-23(25-16-21(19(2)3)29-14-10-5-6-11-15-29)26-17-22-28-27-18-30(22)20-12-8-7-9-13-20/h7-9,12-13,18-19,21H,4-6,10-11,14-17H2,1-3H3,(H2,24,25,26). The second-order valence-corrected chi connectivity index (χ2v) is 8.29. The second kappa shape index (κ2) is 11.7. The van der Waals surface area contributed by atoms with Crippen molar-refractivity contribution in [3.05, 3.63) is 42.5 Å². The highest BCUT2D eigenvalue weighted by Crippen LogP contribution is 2.17. The summed E-state index contributed by atoms with van der Waals surface area (Å²) in [6.07, 6.45) is 7.09. The quantitative estimate of drug-likeness (QED) is 0.516. The molecule has 30 heavy (non-hydrogen) atoms. The molecule has 3 rings (SSSR count). The largest absolute Gasteiger partial charge is 0.357 e. The summed E-state index contributed by atoms with van der Waals surface area (Å²) in [7, 11) is 0. The van der Waals surface area contributed by atoms with Crippen LogP contribution in [0.1, 0.15) is 52.3 Å². The van der Waals surface area contributed by atoms with Crippen LogP contribution in [-0.2, 0) is 6.54 Å². The van der Waals surface area contributed by atoms with Crippen molar-refractivity contribution in [2.24, 2.45) is 10.9 Å². The lowest BCUT2D eigenvalue weighted by Gasteiger charge is -2.34. The number of rotatable bonds is 8. The van der Waals surface area contributed by atoms with Gasteiger partial charge in [-0.3, -0.25) is 9.47 Å². The summed E-state index contributed by atoms with van der Waals surface area (Å²) in [5, 5.41) is 15.3. The molecule has 7 heteroatoms. The fourth-order valence-corrected chi connectivity index (χ4v) is 4.08. The predicted octanol–water partition coefficient (Wildman–Crippen LogP) is 3.22. The Morgan fingerprint density at radius 1 is 1.07 bits per heavy atom. The zero-order valence-corrected chi connectivity index (χ0v) is 18.7. The molecule has 1 aromatic carbocycles. The number of hydrogen-bond acceptors (Lipinski definition) is 4. The van der Waals surface area contributed by atoms with Crippen LogP contribution in [0.5, 0.6) is 0 Å². The highest BCUT2D eigenvalue weighted by Gasteiger charge is 2.23. The first-order valence-corrected chi connectivity index (χ1v) is 11.4. The number of nitrogens with zero attached hydrogens (tertiary/aromatic N) is 5. The Labute approximate surface area is 181 Å². The Bertz CT molecular complexity index is 761. The SMILES string of the molecule is CCNC(=NCc1nncn1-c1ccccc1)NCC(C(C)C)N1CCCCCC1. The molecular formula is C23H37N7. The van der Waals surface area contributed by atoms with Gasteiger partial charge in [0.25, 0.3) is 0 Å². The van der Waals surface area contributed by atoms with E-state index in [9.17, 15) is 0 Å². The summed E-state index contributed by atoms with van der Waals surface area (Å²) in [6.45, 7) is 11.4. The van der Waals surface area contributed by atoms with Gasteiger partial charge in [-0.1, -0.05) is 44.9 Å². The van der Waals surface area contributed by atoms with Gasteiger partial charge >= 0.3 is 0 Å². The summed E-state index contributed by atoms with van der Waals surface area (Å²) in [5.41, 5.74) is 1.05. The van der Waals surface area contributed by atoms with E-state index < -0.39 is 0 Å². The average Bonchev–Trinajstić information content (AvgIpc) is 3.07. The molecule has 0 saturated carbocycles. The Morgan fingerprint density at radius 2 is 1.80 bits per heavy atom. The third-order valence-corrected chi connectivity index (χ3v) is 5.73. The van der Waals surface area contributed by atoms with Crippen LogP contribution in [0.2, 0.25) is 0 Å². The number of benzene rings is 1. The molecule has 0 aliphatic carbocycles. The van der Waals surface area contributed by atoms with Crippen molar-refractivity contribution >= 4 is 5.96 Å². The molecular weight excluding hydrogens is 374 g/mol. The Morgan fingerprint density at radius 3 is 2.47 bits per heavy atom. The van der Waals surface area contributed by atoms with Gasteiger partial charge in [-0.15, -0.1) is 10.2 Å². The number of para-hydroxylation sites is 1. The highest BCUT2D eigenvalue weighted by atomic mass is 15.3. The first-order chi connectivity index (χ1) is 14.7. The van der Waals surface area contributed by atoms with E-state index in [1.165, 1.54) is 38.8 Å². The van der Waals surface area contributed by atoms with Crippen LogP contribution in [0.25, 0.3) is 5.69 Å². The van der Waals surface area contributed by atoms with Crippen molar-refractivity contribution < 1.29 is 0 Å². The minimum Gasteiger partial charge on any atom is -0.357 e. The fraction of sp³-hybridized carbons (Fsp3) is 0.609. The first-order valence-electron chi connectivity index (χ1n) is 11.4. The average molecular weight is 412 g/mol. The molecule has 1 saturated heterocycles. The molecule has 1 fully saturated rings. The van der Waals surface area contributed by atoms with Crippen LogP contribution in [0.4, 0.5) is 0 Å². The predicted molar refractivity (Wildman–Crippen MR) is 123 cm³/mol. The Balaban J connectivity index is 1.65. The molecule has 1 aromatic heterocycles. The van der Waals surface area contributed by atoms with Gasteiger partial charge in [-0.25, -0.2) is 4.99 Å². The van der Waals surface area contributed by atoms with E-state index in [2.05, 4.69) is 58.6 Å². The molecule has 1 aliphatic rings. The number of aliphatic imine (C=N–C) groups is 1. The van der Waals surface area contributed by atoms with Crippen LogP contribution in [0.15, 0.2) is 41.7 Å². The molecule has 0 radical (unpaired) electrons.